The molecule has 3 aromatic rings. The second-order valence-electron chi connectivity index (χ2n) is 6.75. The first-order chi connectivity index (χ1) is 14.1. The number of aromatic nitrogens is 2. The Morgan fingerprint density at radius 3 is 2.59 bits per heavy atom. The van der Waals surface area contributed by atoms with Crippen molar-refractivity contribution in [2.75, 3.05) is 38.2 Å². The summed E-state index contributed by atoms with van der Waals surface area (Å²) in [5, 5.41) is 0.897. The maximum atomic E-state index is 14.6. The lowest BCUT2D eigenvalue weighted by Gasteiger charge is -2.35. The number of benzene rings is 2. The van der Waals surface area contributed by atoms with E-state index in [0.717, 1.165) is 16.7 Å². The van der Waals surface area contributed by atoms with Crippen molar-refractivity contribution >= 4 is 22.6 Å². The third-order valence-electron chi connectivity index (χ3n) is 5.07. The first-order valence-electron chi connectivity index (χ1n) is 9.37. The Balaban J connectivity index is 1.74. The van der Waals surface area contributed by atoms with Crippen molar-refractivity contribution in [2.24, 2.45) is 0 Å². The molecule has 1 aliphatic heterocycles. The van der Waals surface area contributed by atoms with Gasteiger partial charge in [0.2, 0.25) is 5.91 Å². The van der Waals surface area contributed by atoms with Crippen LogP contribution in [0.3, 0.4) is 0 Å². The van der Waals surface area contributed by atoms with E-state index in [2.05, 4.69) is 16.5 Å². The van der Waals surface area contributed by atoms with Crippen LogP contribution in [0.15, 0.2) is 55.1 Å². The van der Waals surface area contributed by atoms with Gasteiger partial charge in [-0.15, -0.1) is 0 Å². The van der Waals surface area contributed by atoms with Crippen molar-refractivity contribution in [3.63, 3.8) is 0 Å². The average Bonchev–Trinajstić information content (AvgIpc) is 2.77. The maximum absolute atomic E-state index is 14.6. The van der Waals surface area contributed by atoms with E-state index in [-0.39, 0.29) is 5.91 Å². The van der Waals surface area contributed by atoms with Crippen molar-refractivity contribution in [3.8, 4) is 17.1 Å². The number of para-hydroxylation sites is 1. The number of piperazine rings is 1. The Kier molecular flexibility index (Phi) is 5.12. The van der Waals surface area contributed by atoms with Crippen molar-refractivity contribution in [2.45, 2.75) is 0 Å². The van der Waals surface area contributed by atoms with Crippen molar-refractivity contribution in [1.29, 1.82) is 0 Å². The molecule has 1 saturated heterocycles. The molecule has 0 saturated carbocycles. The fraction of sp³-hybridized carbons (Fsp3) is 0.227. The molecule has 7 heteroatoms. The molecule has 1 amide bonds. The summed E-state index contributed by atoms with van der Waals surface area (Å²) < 4.78 is 19.7. The van der Waals surface area contributed by atoms with Crippen molar-refractivity contribution in [1.82, 2.24) is 14.9 Å². The third kappa shape index (κ3) is 3.63. The van der Waals surface area contributed by atoms with Crippen LogP contribution in [-0.2, 0) is 4.79 Å². The summed E-state index contributed by atoms with van der Waals surface area (Å²) in [7, 11) is 1.50. The Morgan fingerprint density at radius 1 is 1.14 bits per heavy atom. The van der Waals surface area contributed by atoms with Crippen LogP contribution in [0.4, 0.5) is 10.2 Å². The van der Waals surface area contributed by atoms with E-state index in [1.165, 1.54) is 19.3 Å². The van der Waals surface area contributed by atoms with E-state index in [1.54, 1.807) is 17.0 Å². The minimum atomic E-state index is -0.438. The molecular weight excluding hydrogens is 371 g/mol. The molecule has 0 atom stereocenters. The molecule has 0 aliphatic carbocycles. The summed E-state index contributed by atoms with van der Waals surface area (Å²) >= 11 is 0. The third-order valence-corrected chi connectivity index (χ3v) is 5.07. The number of nitrogens with zero attached hydrogens (tertiary/aromatic N) is 4. The molecule has 2 aromatic carbocycles. The second-order valence-corrected chi connectivity index (χ2v) is 6.75. The lowest BCUT2D eigenvalue weighted by Crippen LogP contribution is -2.48. The highest BCUT2D eigenvalue weighted by molar-refractivity contribution is 5.91. The topological polar surface area (TPSA) is 58.6 Å². The number of hydrogen-bond donors (Lipinski definition) is 0. The highest BCUT2D eigenvalue weighted by Gasteiger charge is 2.23. The van der Waals surface area contributed by atoms with Gasteiger partial charge in [0, 0.05) is 37.6 Å². The second kappa shape index (κ2) is 7.87. The molecule has 0 bridgehead atoms. The zero-order valence-electron chi connectivity index (χ0n) is 16.1. The molecule has 1 aliphatic rings. The number of halogens is 1. The van der Waals surface area contributed by atoms with Crippen LogP contribution in [0.1, 0.15) is 0 Å². The SMILES string of the molecule is C=CC(=O)N1CCN(c2nc(-c3ccc(OC)cc3F)nc3ccccc23)CC1. The monoisotopic (exact) mass is 392 g/mol. The molecule has 0 N–H and O–H groups in total. The van der Waals surface area contributed by atoms with Crippen LogP contribution in [0, 0.1) is 5.82 Å². The number of ether oxygens (including phenoxy) is 1. The Hall–Kier alpha value is -3.48. The standard InChI is InChI=1S/C22H21FN4O2/c1-3-20(28)26-10-12-27(13-11-26)22-17-6-4-5-7-19(17)24-21(25-22)16-9-8-15(29-2)14-18(16)23/h3-9,14H,1,10-13H2,2H3. The van der Waals surface area contributed by atoms with E-state index in [1.807, 2.05) is 24.3 Å². The largest absolute Gasteiger partial charge is 0.497 e. The predicted octanol–water partition coefficient (Wildman–Crippen LogP) is 3.28. The van der Waals surface area contributed by atoms with Gasteiger partial charge in [-0.3, -0.25) is 4.79 Å². The van der Waals surface area contributed by atoms with E-state index in [9.17, 15) is 9.18 Å². The molecule has 6 nitrogen and oxygen atoms in total. The first-order valence-corrected chi connectivity index (χ1v) is 9.37. The number of carbonyl (C=O) groups excluding carboxylic acids is 1. The molecule has 1 aromatic heterocycles. The van der Waals surface area contributed by atoms with Crippen LogP contribution in [0.25, 0.3) is 22.3 Å². The predicted molar refractivity (Wildman–Crippen MR) is 110 cm³/mol. The Labute approximate surface area is 168 Å². The van der Waals surface area contributed by atoms with Gasteiger partial charge in [0.1, 0.15) is 17.4 Å². The molecule has 0 spiro atoms. The maximum Gasteiger partial charge on any atom is 0.246 e. The molecule has 2 heterocycles. The van der Waals surface area contributed by atoms with Crippen molar-refractivity contribution < 1.29 is 13.9 Å². The van der Waals surface area contributed by atoms with Gasteiger partial charge in [0.15, 0.2) is 5.82 Å². The number of amides is 1. The summed E-state index contributed by atoms with van der Waals surface area (Å²) in [6.45, 7) is 5.97. The van der Waals surface area contributed by atoms with Gasteiger partial charge in [0.25, 0.3) is 0 Å². The molecular formula is C22H21FN4O2. The number of methoxy groups -OCH3 is 1. The van der Waals surface area contributed by atoms with Crippen LogP contribution >= 0.6 is 0 Å². The summed E-state index contributed by atoms with van der Waals surface area (Å²) in [4.78, 5) is 25.0. The van der Waals surface area contributed by atoms with Gasteiger partial charge < -0.3 is 14.5 Å². The van der Waals surface area contributed by atoms with Crippen LogP contribution in [-0.4, -0.2) is 54.1 Å². The van der Waals surface area contributed by atoms with E-state index < -0.39 is 5.82 Å². The number of hydrogen-bond acceptors (Lipinski definition) is 5. The fourth-order valence-electron chi connectivity index (χ4n) is 3.49. The molecule has 148 valence electrons. The molecule has 0 unspecified atom stereocenters. The van der Waals surface area contributed by atoms with E-state index in [4.69, 9.17) is 9.72 Å². The fourth-order valence-corrected chi connectivity index (χ4v) is 3.49. The van der Waals surface area contributed by atoms with Crippen LogP contribution in [0.5, 0.6) is 5.75 Å². The molecule has 1 fully saturated rings. The van der Waals surface area contributed by atoms with Gasteiger partial charge in [-0.25, -0.2) is 14.4 Å². The molecule has 0 radical (unpaired) electrons. The lowest BCUT2D eigenvalue weighted by molar-refractivity contribution is -0.126. The van der Waals surface area contributed by atoms with Gasteiger partial charge in [-0.2, -0.15) is 0 Å². The molecule has 4 rings (SSSR count). The van der Waals surface area contributed by atoms with E-state index in [0.29, 0.717) is 43.3 Å². The van der Waals surface area contributed by atoms with Gasteiger partial charge in [-0.1, -0.05) is 18.7 Å². The zero-order chi connectivity index (χ0) is 20.4. The first kappa shape index (κ1) is 18.9. The number of rotatable bonds is 4. The highest BCUT2D eigenvalue weighted by Crippen LogP contribution is 2.30. The van der Waals surface area contributed by atoms with E-state index >= 15 is 0 Å². The summed E-state index contributed by atoms with van der Waals surface area (Å²) in [5.41, 5.74) is 1.06. The van der Waals surface area contributed by atoms with Crippen molar-refractivity contribution in [3.05, 3.63) is 60.9 Å². The zero-order valence-corrected chi connectivity index (χ0v) is 16.1. The Morgan fingerprint density at radius 2 is 1.90 bits per heavy atom. The van der Waals surface area contributed by atoms with Gasteiger partial charge in [0.05, 0.1) is 18.2 Å². The van der Waals surface area contributed by atoms with Gasteiger partial charge >= 0.3 is 0 Å². The molecule has 29 heavy (non-hydrogen) atoms. The van der Waals surface area contributed by atoms with Crippen LogP contribution in [0.2, 0.25) is 0 Å². The highest BCUT2D eigenvalue weighted by atomic mass is 19.1. The minimum absolute atomic E-state index is 0.0711. The van der Waals surface area contributed by atoms with Gasteiger partial charge in [-0.05, 0) is 30.3 Å². The summed E-state index contributed by atoms with van der Waals surface area (Å²) in [5.74, 6) is 0.996. The normalized spacial score (nSPS) is 14.1. The summed E-state index contributed by atoms with van der Waals surface area (Å²) in [6, 6.07) is 12.3. The summed E-state index contributed by atoms with van der Waals surface area (Å²) in [6.07, 6.45) is 1.33. The minimum Gasteiger partial charge on any atom is -0.497 e. The number of anilines is 1. The lowest BCUT2D eigenvalue weighted by atomic mass is 10.1. The van der Waals surface area contributed by atoms with Crippen LogP contribution < -0.4 is 9.64 Å². The quantitative estimate of drug-likeness (QED) is 0.638. The average molecular weight is 392 g/mol. The number of carbonyl (C=O) groups is 1. The number of fused-ring (bicyclic) bond motifs is 1. The smallest absolute Gasteiger partial charge is 0.246 e. The Bertz CT molecular complexity index is 1080.